The summed E-state index contributed by atoms with van der Waals surface area (Å²) in [7, 11) is 0. The number of aromatic nitrogens is 1. The highest BCUT2D eigenvalue weighted by atomic mass is 32.2. The van der Waals surface area contributed by atoms with Crippen molar-refractivity contribution in [1.29, 1.82) is 5.26 Å². The molecule has 0 aliphatic carbocycles. The highest BCUT2D eigenvalue weighted by Crippen LogP contribution is 2.23. The van der Waals surface area contributed by atoms with Crippen LogP contribution in [0.2, 0.25) is 0 Å². The van der Waals surface area contributed by atoms with Crippen LogP contribution in [0.5, 0.6) is 0 Å². The van der Waals surface area contributed by atoms with Gasteiger partial charge in [-0.25, -0.2) is 9.78 Å². The van der Waals surface area contributed by atoms with Crippen LogP contribution < -0.4 is 5.32 Å². The zero-order chi connectivity index (χ0) is 17.7. The molecule has 1 aromatic carbocycles. The Bertz CT molecular complexity index is 843. The SMILES string of the molecule is Cc1cc(C)c(C#N)c(SCC(=O)Nc2cccc(C(=O)O)c2)n1. The molecule has 0 saturated carbocycles. The number of aryl methyl sites for hydroxylation is 2. The molecule has 1 aromatic heterocycles. The molecular formula is C17H15N3O3S. The van der Waals surface area contributed by atoms with Gasteiger partial charge in [-0.1, -0.05) is 17.8 Å². The molecule has 2 rings (SSSR count). The van der Waals surface area contributed by atoms with E-state index < -0.39 is 5.97 Å². The van der Waals surface area contributed by atoms with Gasteiger partial charge in [0.15, 0.2) is 0 Å². The van der Waals surface area contributed by atoms with Crippen LogP contribution in [-0.2, 0) is 4.79 Å². The van der Waals surface area contributed by atoms with E-state index in [1.165, 1.54) is 23.9 Å². The lowest BCUT2D eigenvalue weighted by Gasteiger charge is -2.08. The number of pyridine rings is 1. The van der Waals surface area contributed by atoms with Crippen LogP contribution in [0.3, 0.4) is 0 Å². The molecule has 0 fully saturated rings. The zero-order valence-electron chi connectivity index (χ0n) is 13.2. The molecule has 7 heteroatoms. The number of anilines is 1. The summed E-state index contributed by atoms with van der Waals surface area (Å²) in [5, 5.41) is 21.3. The molecule has 1 heterocycles. The van der Waals surface area contributed by atoms with Crippen molar-refractivity contribution in [3.63, 3.8) is 0 Å². The summed E-state index contributed by atoms with van der Waals surface area (Å²) < 4.78 is 0. The van der Waals surface area contributed by atoms with Gasteiger partial charge < -0.3 is 10.4 Å². The third-order valence-corrected chi connectivity index (χ3v) is 4.13. The highest BCUT2D eigenvalue weighted by molar-refractivity contribution is 8.00. The van der Waals surface area contributed by atoms with E-state index in [0.717, 1.165) is 11.3 Å². The van der Waals surface area contributed by atoms with Gasteiger partial charge in [0.25, 0.3) is 0 Å². The van der Waals surface area contributed by atoms with Crippen LogP contribution in [0.4, 0.5) is 5.69 Å². The minimum absolute atomic E-state index is 0.0713. The van der Waals surface area contributed by atoms with Crippen LogP contribution in [-0.4, -0.2) is 27.7 Å². The smallest absolute Gasteiger partial charge is 0.335 e. The first-order chi connectivity index (χ1) is 11.4. The third kappa shape index (κ3) is 4.33. The number of hydrogen-bond donors (Lipinski definition) is 2. The van der Waals surface area contributed by atoms with Gasteiger partial charge in [-0.05, 0) is 43.7 Å². The first kappa shape index (κ1) is 17.5. The van der Waals surface area contributed by atoms with Crippen LogP contribution in [0.1, 0.15) is 27.2 Å². The fourth-order valence-corrected chi connectivity index (χ4v) is 3.00. The highest BCUT2D eigenvalue weighted by Gasteiger charge is 2.12. The minimum Gasteiger partial charge on any atom is -0.478 e. The number of hydrogen-bond acceptors (Lipinski definition) is 5. The molecule has 0 aliphatic heterocycles. The fraction of sp³-hybridized carbons (Fsp3) is 0.176. The first-order valence-corrected chi connectivity index (χ1v) is 8.03. The van der Waals surface area contributed by atoms with Crippen molar-refractivity contribution in [3.05, 3.63) is 52.7 Å². The summed E-state index contributed by atoms with van der Waals surface area (Å²) in [5.74, 6) is -1.28. The Kier molecular flexibility index (Phi) is 5.55. The van der Waals surface area contributed by atoms with Crippen LogP contribution in [0.25, 0.3) is 0 Å². The second-order valence-electron chi connectivity index (χ2n) is 5.10. The largest absolute Gasteiger partial charge is 0.478 e. The zero-order valence-corrected chi connectivity index (χ0v) is 14.0. The molecule has 2 aromatic rings. The lowest BCUT2D eigenvalue weighted by atomic mass is 10.1. The monoisotopic (exact) mass is 341 g/mol. The standard InChI is InChI=1S/C17H15N3O3S/c1-10-6-11(2)19-16(14(10)8-18)24-9-15(21)20-13-5-3-4-12(7-13)17(22)23/h3-7H,9H2,1-2H3,(H,20,21)(H,22,23). The number of carboxylic acid groups (broad SMARTS) is 1. The second-order valence-corrected chi connectivity index (χ2v) is 6.06. The summed E-state index contributed by atoms with van der Waals surface area (Å²) in [6, 6.07) is 9.94. The number of thioether (sulfide) groups is 1. The van der Waals surface area contributed by atoms with Gasteiger partial charge in [0.1, 0.15) is 11.1 Å². The normalized spacial score (nSPS) is 10.0. The predicted octanol–water partition coefficient (Wildman–Crippen LogP) is 3.00. The Balaban J connectivity index is 2.06. The van der Waals surface area contributed by atoms with Gasteiger partial charge >= 0.3 is 5.97 Å². The number of nitrogens with zero attached hydrogens (tertiary/aromatic N) is 2. The molecule has 6 nitrogen and oxygen atoms in total. The molecule has 0 saturated heterocycles. The number of benzene rings is 1. The number of carboxylic acids is 1. The topological polar surface area (TPSA) is 103 Å². The summed E-state index contributed by atoms with van der Waals surface area (Å²) >= 11 is 1.18. The quantitative estimate of drug-likeness (QED) is 0.810. The Morgan fingerprint density at radius 2 is 2.08 bits per heavy atom. The third-order valence-electron chi connectivity index (χ3n) is 3.16. The maximum absolute atomic E-state index is 12.0. The summed E-state index contributed by atoms with van der Waals surface area (Å²) in [5.41, 5.74) is 2.58. The van der Waals surface area contributed by atoms with E-state index in [-0.39, 0.29) is 17.2 Å². The van der Waals surface area contributed by atoms with Gasteiger partial charge in [-0.3, -0.25) is 4.79 Å². The van der Waals surface area contributed by atoms with Crippen LogP contribution in [0.15, 0.2) is 35.4 Å². The molecule has 0 bridgehead atoms. The van der Waals surface area contributed by atoms with Gasteiger partial charge in [-0.2, -0.15) is 5.26 Å². The van der Waals surface area contributed by atoms with E-state index in [1.54, 1.807) is 12.1 Å². The number of carbonyl (C=O) groups excluding carboxylic acids is 1. The Morgan fingerprint density at radius 3 is 2.75 bits per heavy atom. The summed E-state index contributed by atoms with van der Waals surface area (Å²) in [6.45, 7) is 3.66. The second kappa shape index (κ2) is 7.62. The number of carbonyl (C=O) groups is 2. The van der Waals surface area contributed by atoms with Crippen molar-refractivity contribution in [2.45, 2.75) is 18.9 Å². The van der Waals surface area contributed by atoms with E-state index in [1.807, 2.05) is 19.9 Å². The minimum atomic E-state index is -1.06. The maximum atomic E-state index is 12.0. The number of nitriles is 1. The molecule has 0 unspecified atom stereocenters. The van der Waals surface area contributed by atoms with Crippen molar-refractivity contribution >= 4 is 29.3 Å². The van der Waals surface area contributed by atoms with E-state index in [9.17, 15) is 14.9 Å². The molecule has 0 radical (unpaired) electrons. The molecule has 0 atom stereocenters. The molecule has 1 amide bonds. The van der Waals surface area contributed by atoms with Crippen LogP contribution >= 0.6 is 11.8 Å². The fourth-order valence-electron chi connectivity index (χ4n) is 2.10. The van der Waals surface area contributed by atoms with Gasteiger partial charge in [0.2, 0.25) is 5.91 Å². The molecular weight excluding hydrogens is 326 g/mol. The molecule has 0 aliphatic rings. The van der Waals surface area contributed by atoms with Gasteiger partial charge in [0.05, 0.1) is 16.9 Å². The van der Waals surface area contributed by atoms with E-state index >= 15 is 0 Å². The molecule has 2 N–H and O–H groups in total. The average molecular weight is 341 g/mol. The van der Waals surface area contributed by atoms with E-state index in [0.29, 0.717) is 16.3 Å². The van der Waals surface area contributed by atoms with Crippen molar-refractivity contribution in [2.24, 2.45) is 0 Å². The van der Waals surface area contributed by atoms with E-state index in [4.69, 9.17) is 5.11 Å². The molecule has 0 spiro atoms. The van der Waals surface area contributed by atoms with Gasteiger partial charge in [-0.15, -0.1) is 0 Å². The summed E-state index contributed by atoms with van der Waals surface area (Å²) in [4.78, 5) is 27.3. The lowest BCUT2D eigenvalue weighted by molar-refractivity contribution is -0.113. The number of amides is 1. The van der Waals surface area contributed by atoms with Crippen molar-refractivity contribution in [2.75, 3.05) is 11.1 Å². The number of rotatable bonds is 5. The maximum Gasteiger partial charge on any atom is 0.335 e. The summed E-state index contributed by atoms with van der Waals surface area (Å²) in [6.07, 6.45) is 0. The van der Waals surface area contributed by atoms with Crippen molar-refractivity contribution in [1.82, 2.24) is 4.98 Å². The van der Waals surface area contributed by atoms with Gasteiger partial charge in [0, 0.05) is 11.4 Å². The van der Waals surface area contributed by atoms with Crippen LogP contribution in [0, 0.1) is 25.2 Å². The van der Waals surface area contributed by atoms with E-state index in [2.05, 4.69) is 16.4 Å². The Labute approximate surface area is 143 Å². The Hall–Kier alpha value is -2.85. The predicted molar refractivity (Wildman–Crippen MR) is 91.2 cm³/mol. The van der Waals surface area contributed by atoms with Crippen molar-refractivity contribution < 1.29 is 14.7 Å². The Morgan fingerprint density at radius 1 is 1.33 bits per heavy atom. The molecule has 122 valence electrons. The lowest BCUT2D eigenvalue weighted by Crippen LogP contribution is -2.14. The molecule has 24 heavy (non-hydrogen) atoms. The van der Waals surface area contributed by atoms with Crippen molar-refractivity contribution in [3.8, 4) is 6.07 Å². The average Bonchev–Trinajstić information content (AvgIpc) is 2.52. The number of aromatic carboxylic acids is 1. The number of nitrogens with one attached hydrogen (secondary N) is 1. The first-order valence-electron chi connectivity index (χ1n) is 7.05.